The number of imidazole rings is 1. The van der Waals surface area contributed by atoms with E-state index in [2.05, 4.69) is 31.2 Å². The summed E-state index contributed by atoms with van der Waals surface area (Å²) in [5.74, 6) is -2.64. The lowest BCUT2D eigenvalue weighted by Gasteiger charge is -2.25. The molecule has 4 amide bonds. The molecule has 0 fully saturated rings. The molecule has 0 bridgehead atoms. The van der Waals surface area contributed by atoms with Crippen molar-refractivity contribution in [3.8, 4) is 0 Å². The Bertz CT molecular complexity index is 2150. The first kappa shape index (κ1) is 42.7. The fraction of sp³-hybridized carbons (Fsp3) is 0.349. The number of aromatic amines is 1. The second-order valence-corrected chi connectivity index (χ2v) is 14.9. The molecule has 306 valence electrons. The van der Waals surface area contributed by atoms with Crippen LogP contribution in [0.5, 0.6) is 0 Å². The van der Waals surface area contributed by atoms with Crippen LogP contribution in [0.3, 0.4) is 0 Å². The lowest BCUT2D eigenvalue weighted by molar-refractivity contribution is -0.148. The van der Waals surface area contributed by atoms with E-state index in [1.807, 2.05) is 84.9 Å². The van der Waals surface area contributed by atoms with Gasteiger partial charge in [0.25, 0.3) is 0 Å². The number of nitrogens with one attached hydrogen (secondary N) is 5. The Hall–Kier alpha value is -6.48. The van der Waals surface area contributed by atoms with E-state index >= 15 is 0 Å². The molecule has 0 aliphatic heterocycles. The summed E-state index contributed by atoms with van der Waals surface area (Å²) in [7, 11) is 0. The molecular weight excluding hydrogens is 743 g/mol. The number of amides is 4. The monoisotopic (exact) mass is 793 g/mol. The highest BCUT2D eigenvalue weighted by atomic mass is 16.6. The number of hydrogen-bond acceptors (Lipinski definition) is 9. The van der Waals surface area contributed by atoms with E-state index in [-0.39, 0.29) is 26.2 Å². The Balaban J connectivity index is 1.25. The van der Waals surface area contributed by atoms with Crippen LogP contribution in [0.25, 0.3) is 10.9 Å². The summed E-state index contributed by atoms with van der Waals surface area (Å²) in [6.07, 6.45) is 4.21. The van der Waals surface area contributed by atoms with Crippen molar-refractivity contribution in [3.63, 3.8) is 0 Å². The minimum absolute atomic E-state index is 0.0292. The molecule has 0 saturated carbocycles. The van der Waals surface area contributed by atoms with E-state index < -0.39 is 59.6 Å². The molecule has 58 heavy (non-hydrogen) atoms. The molecule has 0 aliphatic carbocycles. The number of H-pyrrole nitrogens is 1. The molecule has 5 aromatic rings. The standard InChI is InChI=1S/C43H51N7O8/c1-28(46-40(53)37(49-42(55)58-43(3,4)5)21-33-23-50(26-45-33)27-56-24-30-14-8-6-9-15-30)38(51)48-36(20-32-22-44-35-19-13-12-18-34(32)35)39(52)47-29(2)41(54)57-25-31-16-10-7-11-17-31/h6-19,22-23,26,28-29,36-37,44H,20-21,24-25,27H2,1-5H3,(H,46,53)(H,47,52)(H,48,51)(H,49,55)/t28-,29-,36+,37+/m1/s1. The Morgan fingerprint density at radius 3 is 2.00 bits per heavy atom. The van der Waals surface area contributed by atoms with Crippen molar-refractivity contribution in [2.24, 2.45) is 0 Å². The zero-order valence-corrected chi connectivity index (χ0v) is 33.3. The van der Waals surface area contributed by atoms with Gasteiger partial charge >= 0.3 is 12.1 Å². The summed E-state index contributed by atoms with van der Waals surface area (Å²) in [4.78, 5) is 74.5. The fourth-order valence-electron chi connectivity index (χ4n) is 5.93. The summed E-state index contributed by atoms with van der Waals surface area (Å²) in [5, 5.41) is 11.5. The number of ether oxygens (including phenoxy) is 3. The van der Waals surface area contributed by atoms with Gasteiger partial charge in [0.15, 0.2) is 0 Å². The van der Waals surface area contributed by atoms with Gasteiger partial charge in [-0.25, -0.2) is 14.6 Å². The zero-order chi connectivity index (χ0) is 41.7. The highest BCUT2D eigenvalue weighted by Crippen LogP contribution is 2.19. The Labute approximate surface area is 337 Å². The van der Waals surface area contributed by atoms with Crippen LogP contribution in [-0.2, 0) is 66.2 Å². The maximum Gasteiger partial charge on any atom is 0.408 e. The van der Waals surface area contributed by atoms with Gasteiger partial charge in [-0.2, -0.15) is 0 Å². The molecule has 4 atom stereocenters. The van der Waals surface area contributed by atoms with Crippen LogP contribution in [0.4, 0.5) is 4.79 Å². The van der Waals surface area contributed by atoms with Gasteiger partial charge in [-0.05, 0) is 57.4 Å². The van der Waals surface area contributed by atoms with Gasteiger partial charge in [0, 0.05) is 36.1 Å². The molecule has 15 nitrogen and oxygen atoms in total. The van der Waals surface area contributed by atoms with Crippen molar-refractivity contribution in [1.29, 1.82) is 0 Å². The van der Waals surface area contributed by atoms with E-state index in [0.717, 1.165) is 27.6 Å². The molecule has 5 N–H and O–H groups in total. The number of fused-ring (bicyclic) bond motifs is 1. The van der Waals surface area contributed by atoms with Crippen LogP contribution in [0.2, 0.25) is 0 Å². The van der Waals surface area contributed by atoms with Gasteiger partial charge in [0.1, 0.15) is 43.1 Å². The van der Waals surface area contributed by atoms with Gasteiger partial charge in [-0.3, -0.25) is 14.4 Å². The molecule has 3 aromatic carbocycles. The Morgan fingerprint density at radius 1 is 0.724 bits per heavy atom. The number of alkyl carbamates (subject to hydrolysis) is 1. The molecule has 2 heterocycles. The van der Waals surface area contributed by atoms with Crippen LogP contribution in [0.1, 0.15) is 57.0 Å². The van der Waals surface area contributed by atoms with Gasteiger partial charge in [0.2, 0.25) is 17.7 Å². The van der Waals surface area contributed by atoms with E-state index in [1.54, 1.807) is 44.1 Å². The van der Waals surface area contributed by atoms with Crippen molar-refractivity contribution in [3.05, 3.63) is 126 Å². The summed E-state index contributed by atoms with van der Waals surface area (Å²) < 4.78 is 18.3. The first-order valence-electron chi connectivity index (χ1n) is 19.0. The molecule has 0 unspecified atom stereocenters. The Kier molecular flexibility index (Phi) is 14.8. The minimum Gasteiger partial charge on any atom is -0.459 e. The minimum atomic E-state index is -1.19. The lowest BCUT2D eigenvalue weighted by atomic mass is 10.0. The fourth-order valence-corrected chi connectivity index (χ4v) is 5.93. The van der Waals surface area contributed by atoms with Crippen LogP contribution in [0, 0.1) is 0 Å². The van der Waals surface area contributed by atoms with Crippen LogP contribution in [-0.4, -0.2) is 74.1 Å². The smallest absolute Gasteiger partial charge is 0.408 e. The topological polar surface area (TPSA) is 195 Å². The third-order valence-electron chi connectivity index (χ3n) is 8.88. The van der Waals surface area contributed by atoms with Crippen molar-refractivity contribution in [2.75, 3.05) is 0 Å². The van der Waals surface area contributed by atoms with E-state index in [1.165, 1.54) is 13.8 Å². The number of rotatable bonds is 18. The molecular formula is C43H51N7O8. The predicted molar refractivity (Wildman–Crippen MR) is 216 cm³/mol. The summed E-state index contributed by atoms with van der Waals surface area (Å²) >= 11 is 0. The van der Waals surface area contributed by atoms with Crippen molar-refractivity contribution >= 4 is 40.7 Å². The quantitative estimate of drug-likeness (QED) is 0.0797. The largest absolute Gasteiger partial charge is 0.459 e. The number of carbonyl (C=O) groups excluding carboxylic acids is 5. The van der Waals surface area contributed by atoms with Crippen LogP contribution < -0.4 is 21.3 Å². The first-order valence-corrected chi connectivity index (χ1v) is 19.0. The lowest BCUT2D eigenvalue weighted by Crippen LogP contribution is -2.57. The van der Waals surface area contributed by atoms with Crippen molar-refractivity contribution in [2.45, 2.75) is 97.2 Å². The van der Waals surface area contributed by atoms with Crippen molar-refractivity contribution in [1.82, 2.24) is 35.8 Å². The number of aromatic nitrogens is 3. The Morgan fingerprint density at radius 2 is 1.33 bits per heavy atom. The van der Waals surface area contributed by atoms with Gasteiger partial charge < -0.3 is 45.0 Å². The highest BCUT2D eigenvalue weighted by molar-refractivity contribution is 5.95. The zero-order valence-electron chi connectivity index (χ0n) is 33.3. The van der Waals surface area contributed by atoms with Gasteiger partial charge in [-0.1, -0.05) is 78.9 Å². The van der Waals surface area contributed by atoms with Gasteiger partial charge in [-0.15, -0.1) is 0 Å². The first-order chi connectivity index (χ1) is 27.7. The summed E-state index contributed by atoms with van der Waals surface area (Å²) in [5.41, 5.74) is 3.03. The molecule has 5 rings (SSSR count). The van der Waals surface area contributed by atoms with E-state index in [0.29, 0.717) is 12.3 Å². The maximum atomic E-state index is 13.8. The van der Waals surface area contributed by atoms with Crippen molar-refractivity contribution < 1.29 is 38.2 Å². The number of para-hydroxylation sites is 1. The second kappa shape index (κ2) is 20.1. The molecule has 0 aliphatic rings. The number of esters is 1. The number of benzene rings is 3. The number of nitrogens with zero attached hydrogens (tertiary/aromatic N) is 2. The molecule has 0 saturated heterocycles. The number of hydrogen-bond donors (Lipinski definition) is 5. The van der Waals surface area contributed by atoms with Crippen LogP contribution in [0.15, 0.2) is 104 Å². The van der Waals surface area contributed by atoms with E-state index in [9.17, 15) is 24.0 Å². The summed E-state index contributed by atoms with van der Waals surface area (Å²) in [6.45, 7) is 8.67. The summed E-state index contributed by atoms with van der Waals surface area (Å²) in [6, 6.07) is 21.8. The third-order valence-corrected chi connectivity index (χ3v) is 8.88. The maximum absolute atomic E-state index is 13.8. The molecule has 2 aromatic heterocycles. The molecule has 15 heteroatoms. The van der Waals surface area contributed by atoms with Gasteiger partial charge in [0.05, 0.1) is 18.6 Å². The second-order valence-electron chi connectivity index (χ2n) is 14.9. The average molecular weight is 794 g/mol. The molecule has 0 spiro atoms. The van der Waals surface area contributed by atoms with E-state index in [4.69, 9.17) is 14.2 Å². The average Bonchev–Trinajstić information content (AvgIpc) is 3.82. The molecule has 0 radical (unpaired) electrons. The predicted octanol–water partition coefficient (Wildman–Crippen LogP) is 4.45. The third kappa shape index (κ3) is 13.0. The SMILES string of the molecule is C[C@@H](NC(=O)[C@H](Cc1cn(COCc2ccccc2)cn1)NC(=O)OC(C)(C)C)C(=O)N[C@@H](Cc1c[nH]c2ccccc12)C(=O)N[C@H](C)C(=O)OCc1ccccc1. The normalized spacial score (nSPS) is 13.4. The van der Waals surface area contributed by atoms with Crippen LogP contribution >= 0.6 is 0 Å². The number of carbonyl (C=O) groups is 5. The highest BCUT2D eigenvalue weighted by Gasteiger charge is 2.31.